The van der Waals surface area contributed by atoms with Crippen LogP contribution in [0.25, 0.3) is 0 Å². The normalized spacial score (nSPS) is 16.0. The van der Waals surface area contributed by atoms with Gasteiger partial charge >= 0.3 is 0 Å². The summed E-state index contributed by atoms with van der Waals surface area (Å²) in [4.78, 5) is 4.64. The van der Waals surface area contributed by atoms with Crippen molar-refractivity contribution in [2.45, 2.75) is 12.5 Å². The fourth-order valence-corrected chi connectivity index (χ4v) is 3.93. The minimum Gasteiger partial charge on any atom is -0.496 e. The first-order chi connectivity index (χ1) is 14.1. The second kappa shape index (κ2) is 9.85. The molecule has 0 bridgehead atoms. The van der Waals surface area contributed by atoms with Crippen molar-refractivity contribution in [3.8, 4) is 17.2 Å². The molecule has 1 heterocycles. The predicted octanol–water partition coefficient (Wildman–Crippen LogP) is 3.16. The minimum atomic E-state index is 0.0702. The lowest BCUT2D eigenvalue weighted by Gasteiger charge is -2.33. The molecule has 0 aromatic heterocycles. The lowest BCUT2D eigenvalue weighted by molar-refractivity contribution is 0.235. The van der Waals surface area contributed by atoms with E-state index in [-0.39, 0.29) is 6.04 Å². The second-order valence-electron chi connectivity index (χ2n) is 7.48. The lowest BCUT2D eigenvalue weighted by Crippen LogP contribution is -2.33. The lowest BCUT2D eigenvalue weighted by atomic mass is 9.95. The van der Waals surface area contributed by atoms with Gasteiger partial charge in [-0.3, -0.25) is 4.90 Å². The molecule has 1 fully saturated rings. The number of nitrogens with zero attached hydrogens (tertiary/aromatic N) is 2. The van der Waals surface area contributed by atoms with Crippen LogP contribution in [0.4, 0.5) is 5.69 Å². The topological polar surface area (TPSA) is 46.2 Å². The summed E-state index contributed by atoms with van der Waals surface area (Å²) in [6.07, 6.45) is 1.11. The molecule has 1 aliphatic rings. The van der Waals surface area contributed by atoms with Crippen LogP contribution in [-0.4, -0.2) is 66.5 Å². The number of rotatable bonds is 7. The van der Waals surface area contributed by atoms with Crippen molar-refractivity contribution in [1.82, 2.24) is 10.2 Å². The van der Waals surface area contributed by atoms with E-state index in [0.29, 0.717) is 11.5 Å². The Morgan fingerprint density at radius 1 is 0.862 bits per heavy atom. The zero-order valence-electron chi connectivity index (χ0n) is 18.2. The molecule has 158 valence electrons. The summed E-state index contributed by atoms with van der Waals surface area (Å²) >= 11 is 0. The largest absolute Gasteiger partial charge is 0.496 e. The van der Waals surface area contributed by atoms with Crippen LogP contribution >= 0.6 is 0 Å². The molecule has 0 aliphatic carbocycles. The second-order valence-corrected chi connectivity index (χ2v) is 7.48. The molecule has 1 unspecified atom stereocenters. The first kappa shape index (κ1) is 21.3. The van der Waals surface area contributed by atoms with Gasteiger partial charge in [0.1, 0.15) is 5.75 Å². The Hall–Kier alpha value is -2.44. The summed E-state index contributed by atoms with van der Waals surface area (Å²) in [5.41, 5.74) is 3.51. The molecule has 1 atom stereocenters. The van der Waals surface area contributed by atoms with E-state index >= 15 is 0 Å². The van der Waals surface area contributed by atoms with Crippen molar-refractivity contribution >= 4 is 5.69 Å². The summed E-state index contributed by atoms with van der Waals surface area (Å²) in [6, 6.07) is 12.8. The molecule has 3 rings (SSSR count). The number of methoxy groups -OCH3 is 3. The molecule has 2 aromatic rings. The zero-order valence-corrected chi connectivity index (χ0v) is 18.2. The minimum absolute atomic E-state index is 0.0702. The Morgan fingerprint density at radius 2 is 1.52 bits per heavy atom. The van der Waals surface area contributed by atoms with E-state index in [4.69, 9.17) is 14.2 Å². The SMILES string of the molecule is COc1cc(OC)c(C(c2ccc(N(C)C)cc2)N2CCCNCC2)cc1OC. The van der Waals surface area contributed by atoms with Crippen LogP contribution in [0.3, 0.4) is 0 Å². The van der Waals surface area contributed by atoms with Crippen LogP contribution in [-0.2, 0) is 0 Å². The van der Waals surface area contributed by atoms with Crippen molar-refractivity contribution < 1.29 is 14.2 Å². The molecule has 0 spiro atoms. The third kappa shape index (κ3) is 4.77. The highest BCUT2D eigenvalue weighted by Crippen LogP contribution is 2.42. The molecule has 1 N–H and O–H groups in total. The number of anilines is 1. The van der Waals surface area contributed by atoms with Gasteiger partial charge in [0.25, 0.3) is 0 Å². The Balaban J connectivity index is 2.11. The first-order valence-corrected chi connectivity index (χ1v) is 10.1. The smallest absolute Gasteiger partial charge is 0.164 e. The van der Waals surface area contributed by atoms with E-state index in [1.807, 2.05) is 6.07 Å². The van der Waals surface area contributed by atoms with Crippen molar-refractivity contribution in [3.63, 3.8) is 0 Å². The third-order valence-corrected chi connectivity index (χ3v) is 5.50. The Morgan fingerprint density at radius 3 is 2.14 bits per heavy atom. The van der Waals surface area contributed by atoms with E-state index in [1.54, 1.807) is 21.3 Å². The van der Waals surface area contributed by atoms with Gasteiger partial charge in [-0.25, -0.2) is 0 Å². The van der Waals surface area contributed by atoms with Crippen LogP contribution in [0, 0.1) is 0 Å². The molecule has 6 nitrogen and oxygen atoms in total. The van der Waals surface area contributed by atoms with Crippen LogP contribution in [0.5, 0.6) is 17.2 Å². The van der Waals surface area contributed by atoms with Gasteiger partial charge in [0, 0.05) is 51.0 Å². The molecule has 0 saturated carbocycles. The Labute approximate surface area is 174 Å². The fourth-order valence-electron chi connectivity index (χ4n) is 3.93. The van der Waals surface area contributed by atoms with Crippen molar-refractivity contribution in [2.24, 2.45) is 0 Å². The average molecular weight is 400 g/mol. The van der Waals surface area contributed by atoms with Gasteiger partial charge in [-0.1, -0.05) is 12.1 Å². The van der Waals surface area contributed by atoms with Crippen molar-refractivity contribution in [1.29, 1.82) is 0 Å². The van der Waals surface area contributed by atoms with Gasteiger partial charge < -0.3 is 24.4 Å². The van der Waals surface area contributed by atoms with Crippen LogP contribution in [0.15, 0.2) is 36.4 Å². The molecule has 1 saturated heterocycles. The molecular formula is C23H33N3O3. The summed E-state index contributed by atoms with van der Waals surface area (Å²) in [6.45, 7) is 4.01. The molecule has 0 radical (unpaired) electrons. The van der Waals surface area contributed by atoms with Crippen LogP contribution in [0.1, 0.15) is 23.6 Å². The number of hydrogen-bond donors (Lipinski definition) is 1. The van der Waals surface area contributed by atoms with Crippen molar-refractivity contribution in [2.75, 3.05) is 66.5 Å². The average Bonchev–Trinajstić information content (AvgIpc) is 3.03. The monoisotopic (exact) mass is 399 g/mol. The third-order valence-electron chi connectivity index (χ3n) is 5.50. The highest BCUT2D eigenvalue weighted by molar-refractivity contribution is 5.55. The molecule has 1 aliphatic heterocycles. The molecular weight excluding hydrogens is 366 g/mol. The number of ether oxygens (including phenoxy) is 3. The maximum atomic E-state index is 5.79. The summed E-state index contributed by atoms with van der Waals surface area (Å²) in [7, 11) is 9.15. The van der Waals surface area contributed by atoms with E-state index < -0.39 is 0 Å². The highest BCUT2D eigenvalue weighted by Gasteiger charge is 2.28. The fraction of sp³-hybridized carbons (Fsp3) is 0.478. The van der Waals surface area contributed by atoms with E-state index in [1.165, 1.54) is 11.3 Å². The van der Waals surface area contributed by atoms with Crippen LogP contribution in [0.2, 0.25) is 0 Å². The zero-order chi connectivity index (χ0) is 20.8. The number of benzene rings is 2. The maximum Gasteiger partial charge on any atom is 0.164 e. The van der Waals surface area contributed by atoms with Crippen molar-refractivity contribution in [3.05, 3.63) is 47.5 Å². The summed E-state index contributed by atoms with van der Waals surface area (Å²) in [5.74, 6) is 2.19. The quantitative estimate of drug-likeness (QED) is 0.772. The number of nitrogens with one attached hydrogen (secondary N) is 1. The maximum absolute atomic E-state index is 5.79. The van der Waals surface area contributed by atoms with E-state index in [2.05, 4.69) is 59.5 Å². The van der Waals surface area contributed by atoms with Gasteiger partial charge in [0.2, 0.25) is 0 Å². The Bertz CT molecular complexity index is 785. The summed E-state index contributed by atoms with van der Waals surface area (Å²) < 4.78 is 16.9. The highest BCUT2D eigenvalue weighted by atomic mass is 16.5. The molecule has 29 heavy (non-hydrogen) atoms. The first-order valence-electron chi connectivity index (χ1n) is 10.1. The predicted molar refractivity (Wildman–Crippen MR) is 118 cm³/mol. The standard InChI is InChI=1S/C23H33N3O3/c1-25(2)18-9-7-17(8-10-18)23(26-13-6-11-24-12-14-26)19-15-21(28-4)22(29-5)16-20(19)27-3/h7-10,15-16,23-24H,6,11-14H2,1-5H3. The van der Waals surface area contributed by atoms with Gasteiger partial charge in [0.15, 0.2) is 11.5 Å². The van der Waals surface area contributed by atoms with Gasteiger partial charge in [0.05, 0.1) is 27.4 Å². The Kier molecular flexibility index (Phi) is 7.23. The van der Waals surface area contributed by atoms with E-state index in [9.17, 15) is 0 Å². The molecule has 6 heteroatoms. The van der Waals surface area contributed by atoms with Gasteiger partial charge in [-0.15, -0.1) is 0 Å². The number of hydrogen-bond acceptors (Lipinski definition) is 6. The van der Waals surface area contributed by atoms with Gasteiger partial charge in [-0.2, -0.15) is 0 Å². The van der Waals surface area contributed by atoms with Gasteiger partial charge in [-0.05, 0) is 36.7 Å². The van der Waals surface area contributed by atoms with E-state index in [0.717, 1.165) is 43.9 Å². The van der Waals surface area contributed by atoms with Crippen LogP contribution < -0.4 is 24.4 Å². The molecule has 0 amide bonds. The molecule has 2 aromatic carbocycles. The summed E-state index contributed by atoms with van der Waals surface area (Å²) in [5, 5.41) is 3.50.